The number of halogens is 2. The summed E-state index contributed by atoms with van der Waals surface area (Å²) in [7, 11) is 0. The lowest BCUT2D eigenvalue weighted by molar-refractivity contribution is 0.0635. The molecule has 0 heterocycles. The lowest BCUT2D eigenvalue weighted by Gasteiger charge is -2.22. The molecule has 1 aliphatic rings. The van der Waals surface area contributed by atoms with E-state index in [1.807, 2.05) is 6.92 Å². The number of amides is 1. The van der Waals surface area contributed by atoms with Gasteiger partial charge in [0.1, 0.15) is 5.60 Å². The minimum atomic E-state index is -1.10. The van der Waals surface area contributed by atoms with E-state index in [0.717, 1.165) is 18.9 Å². The number of anilines is 1. The topological polar surface area (TPSA) is 64.3 Å². The van der Waals surface area contributed by atoms with Crippen LogP contribution in [0.3, 0.4) is 0 Å². The van der Waals surface area contributed by atoms with Crippen molar-refractivity contribution in [3.63, 3.8) is 0 Å². The predicted octanol–water partition coefficient (Wildman–Crippen LogP) is 3.69. The van der Waals surface area contributed by atoms with Gasteiger partial charge in [-0.05, 0) is 58.2 Å². The summed E-state index contributed by atoms with van der Waals surface area (Å²) in [4.78, 5) is 11.8. The molecule has 0 spiro atoms. The van der Waals surface area contributed by atoms with Crippen LogP contribution in [0.1, 0.15) is 46.1 Å². The van der Waals surface area contributed by atoms with E-state index in [9.17, 15) is 13.6 Å². The molecule has 6 heteroatoms. The number of carbonyl (C=O) groups is 1. The predicted molar refractivity (Wildman–Crippen MR) is 80.8 cm³/mol. The molecule has 1 unspecified atom stereocenters. The number of benzene rings is 1. The Balaban J connectivity index is 2.29. The molecule has 0 aliphatic heterocycles. The number of ether oxygens (including phenoxy) is 1. The van der Waals surface area contributed by atoms with Gasteiger partial charge in [-0.25, -0.2) is 13.6 Å². The van der Waals surface area contributed by atoms with Crippen molar-refractivity contribution in [3.8, 4) is 0 Å². The van der Waals surface area contributed by atoms with Gasteiger partial charge in [-0.2, -0.15) is 0 Å². The van der Waals surface area contributed by atoms with E-state index < -0.39 is 23.3 Å². The van der Waals surface area contributed by atoms with Gasteiger partial charge in [-0.3, -0.25) is 5.32 Å². The summed E-state index contributed by atoms with van der Waals surface area (Å²) in [6, 6.07) is 2.43. The Morgan fingerprint density at radius 3 is 2.41 bits per heavy atom. The quantitative estimate of drug-likeness (QED) is 0.894. The number of nitrogens with one attached hydrogen (secondary N) is 1. The molecule has 2 rings (SSSR count). The fraction of sp³-hybridized carbons (Fsp3) is 0.562. The van der Waals surface area contributed by atoms with Gasteiger partial charge >= 0.3 is 6.09 Å². The lowest BCUT2D eigenvalue weighted by Crippen LogP contribution is -2.32. The Morgan fingerprint density at radius 2 is 1.95 bits per heavy atom. The minimum absolute atomic E-state index is 0.174. The Kier molecular flexibility index (Phi) is 4.17. The Bertz CT molecular complexity index is 591. The standard InChI is InChI=1S/C16H22F2N2O2/c1-9(19)16(5-6-16)10-7-11(17)13(18)12(8-10)20-14(21)22-15(2,3)4/h7-9H,5-6,19H2,1-4H3,(H,20,21). The Morgan fingerprint density at radius 1 is 1.36 bits per heavy atom. The molecule has 0 radical (unpaired) electrons. The molecular formula is C16H22F2N2O2. The van der Waals surface area contributed by atoms with Crippen molar-refractivity contribution < 1.29 is 18.3 Å². The second-order valence-electron chi connectivity index (χ2n) is 6.89. The summed E-state index contributed by atoms with van der Waals surface area (Å²) in [5.41, 5.74) is 5.28. The zero-order chi connectivity index (χ0) is 16.7. The average Bonchev–Trinajstić information content (AvgIpc) is 3.13. The molecule has 1 amide bonds. The third kappa shape index (κ3) is 3.38. The first-order valence-corrected chi connectivity index (χ1v) is 7.30. The number of hydrogen-bond acceptors (Lipinski definition) is 3. The highest BCUT2D eigenvalue weighted by molar-refractivity contribution is 5.85. The van der Waals surface area contributed by atoms with E-state index in [-0.39, 0.29) is 17.1 Å². The average molecular weight is 312 g/mol. The van der Waals surface area contributed by atoms with Gasteiger partial charge in [-0.1, -0.05) is 0 Å². The van der Waals surface area contributed by atoms with Crippen LogP contribution >= 0.6 is 0 Å². The monoisotopic (exact) mass is 312 g/mol. The van der Waals surface area contributed by atoms with Crippen molar-refractivity contribution in [1.29, 1.82) is 0 Å². The molecule has 1 aromatic carbocycles. The van der Waals surface area contributed by atoms with Gasteiger partial charge in [0.2, 0.25) is 0 Å². The number of rotatable bonds is 3. The normalized spacial score (nSPS) is 17.8. The fourth-order valence-corrected chi connectivity index (χ4v) is 2.52. The maximum atomic E-state index is 13.9. The van der Waals surface area contributed by atoms with Gasteiger partial charge in [0, 0.05) is 11.5 Å². The maximum absolute atomic E-state index is 13.9. The Hall–Kier alpha value is -1.69. The number of hydrogen-bond donors (Lipinski definition) is 2. The largest absolute Gasteiger partial charge is 0.444 e. The van der Waals surface area contributed by atoms with E-state index in [2.05, 4.69) is 5.32 Å². The molecule has 0 saturated heterocycles. The number of carbonyl (C=O) groups excluding carboxylic acids is 1. The first-order valence-electron chi connectivity index (χ1n) is 7.30. The fourth-order valence-electron chi connectivity index (χ4n) is 2.52. The van der Waals surface area contributed by atoms with Crippen LogP contribution in [0.5, 0.6) is 0 Å². The van der Waals surface area contributed by atoms with Gasteiger partial charge in [-0.15, -0.1) is 0 Å². The molecule has 1 atom stereocenters. The van der Waals surface area contributed by atoms with E-state index in [1.165, 1.54) is 6.07 Å². The first-order chi connectivity index (χ1) is 10.0. The smallest absolute Gasteiger partial charge is 0.412 e. The van der Waals surface area contributed by atoms with Crippen molar-refractivity contribution in [1.82, 2.24) is 0 Å². The summed E-state index contributed by atoms with van der Waals surface area (Å²) in [5.74, 6) is -2.11. The summed E-state index contributed by atoms with van der Waals surface area (Å²) in [6.45, 7) is 6.91. The highest BCUT2D eigenvalue weighted by Crippen LogP contribution is 2.51. The summed E-state index contributed by atoms with van der Waals surface area (Å²) >= 11 is 0. The van der Waals surface area contributed by atoms with Crippen molar-refractivity contribution in [2.45, 2.75) is 57.6 Å². The van der Waals surface area contributed by atoms with Crippen LogP contribution in [0.15, 0.2) is 12.1 Å². The molecule has 3 N–H and O–H groups in total. The second kappa shape index (κ2) is 5.50. The minimum Gasteiger partial charge on any atom is -0.444 e. The SMILES string of the molecule is CC(N)C1(c2cc(F)c(F)c(NC(=O)OC(C)(C)C)c2)CC1. The van der Waals surface area contributed by atoms with Crippen LogP contribution in [0.4, 0.5) is 19.3 Å². The molecule has 1 aromatic rings. The van der Waals surface area contributed by atoms with Crippen LogP contribution in [0.25, 0.3) is 0 Å². The zero-order valence-electron chi connectivity index (χ0n) is 13.3. The maximum Gasteiger partial charge on any atom is 0.412 e. The highest BCUT2D eigenvalue weighted by Gasteiger charge is 2.48. The van der Waals surface area contributed by atoms with E-state index in [1.54, 1.807) is 20.8 Å². The van der Waals surface area contributed by atoms with Crippen molar-refractivity contribution in [2.75, 3.05) is 5.32 Å². The van der Waals surface area contributed by atoms with Crippen molar-refractivity contribution in [3.05, 3.63) is 29.3 Å². The van der Waals surface area contributed by atoms with Crippen LogP contribution in [0.2, 0.25) is 0 Å². The van der Waals surface area contributed by atoms with Crippen LogP contribution in [-0.4, -0.2) is 17.7 Å². The van der Waals surface area contributed by atoms with Crippen LogP contribution in [-0.2, 0) is 10.2 Å². The summed E-state index contributed by atoms with van der Waals surface area (Å²) in [6.07, 6.45) is 0.817. The molecule has 0 bridgehead atoms. The van der Waals surface area contributed by atoms with Crippen LogP contribution in [0, 0.1) is 11.6 Å². The zero-order valence-corrected chi connectivity index (χ0v) is 13.3. The van der Waals surface area contributed by atoms with E-state index in [4.69, 9.17) is 10.5 Å². The third-order valence-corrected chi connectivity index (χ3v) is 3.90. The second-order valence-corrected chi connectivity index (χ2v) is 6.89. The molecule has 1 aliphatic carbocycles. The lowest BCUT2D eigenvalue weighted by atomic mass is 9.89. The van der Waals surface area contributed by atoms with Gasteiger partial charge < -0.3 is 10.5 Å². The van der Waals surface area contributed by atoms with Crippen molar-refractivity contribution >= 4 is 11.8 Å². The molecule has 4 nitrogen and oxygen atoms in total. The van der Waals surface area contributed by atoms with Crippen molar-refractivity contribution in [2.24, 2.45) is 5.73 Å². The third-order valence-electron chi connectivity index (χ3n) is 3.90. The molecule has 122 valence electrons. The van der Waals surface area contributed by atoms with E-state index in [0.29, 0.717) is 5.56 Å². The number of nitrogens with two attached hydrogens (primary N) is 1. The van der Waals surface area contributed by atoms with Gasteiger partial charge in [0.25, 0.3) is 0 Å². The molecule has 1 saturated carbocycles. The molecule has 22 heavy (non-hydrogen) atoms. The first kappa shape index (κ1) is 16.7. The summed E-state index contributed by atoms with van der Waals surface area (Å²) < 4.78 is 32.8. The Labute approximate surface area is 129 Å². The van der Waals surface area contributed by atoms with Crippen LogP contribution < -0.4 is 11.1 Å². The highest BCUT2D eigenvalue weighted by atomic mass is 19.2. The summed E-state index contributed by atoms with van der Waals surface area (Å²) in [5, 5.41) is 2.27. The molecule has 1 fully saturated rings. The molecular weight excluding hydrogens is 290 g/mol. The van der Waals surface area contributed by atoms with E-state index >= 15 is 0 Å². The van der Waals surface area contributed by atoms with Gasteiger partial charge in [0.05, 0.1) is 5.69 Å². The molecule has 0 aromatic heterocycles. The van der Waals surface area contributed by atoms with Gasteiger partial charge in [0.15, 0.2) is 11.6 Å².